The van der Waals surface area contributed by atoms with Crippen LogP contribution in [0.15, 0.2) is 60.9 Å². The second-order valence-corrected chi connectivity index (χ2v) is 5.42. The van der Waals surface area contributed by atoms with E-state index in [1.807, 2.05) is 25.4 Å². The molecule has 1 amide bonds. The standard InChI is InChI=1S/C18H18N4O2/c1-22-11-17(10-19-22)20-16-7-3-5-14(9-16)18(24)21-15-6-2-4-13(8-15)12-23/h2-11,20,23H,12H2,1H3,(H,21,24). The molecule has 0 spiro atoms. The van der Waals surface area contributed by atoms with E-state index in [1.54, 1.807) is 47.3 Å². The van der Waals surface area contributed by atoms with Gasteiger partial charge < -0.3 is 15.7 Å². The number of hydrogen-bond acceptors (Lipinski definition) is 4. The second kappa shape index (κ2) is 6.97. The number of amides is 1. The van der Waals surface area contributed by atoms with Gasteiger partial charge in [0.25, 0.3) is 5.91 Å². The molecule has 0 atom stereocenters. The highest BCUT2D eigenvalue weighted by molar-refractivity contribution is 6.04. The van der Waals surface area contributed by atoms with Gasteiger partial charge in [0.1, 0.15) is 0 Å². The minimum atomic E-state index is -0.208. The van der Waals surface area contributed by atoms with Crippen molar-refractivity contribution in [3.8, 4) is 0 Å². The number of carbonyl (C=O) groups excluding carboxylic acids is 1. The van der Waals surface area contributed by atoms with Crippen LogP contribution in [0.1, 0.15) is 15.9 Å². The van der Waals surface area contributed by atoms with E-state index in [9.17, 15) is 4.79 Å². The Morgan fingerprint density at radius 3 is 2.67 bits per heavy atom. The van der Waals surface area contributed by atoms with Crippen molar-refractivity contribution in [3.63, 3.8) is 0 Å². The second-order valence-electron chi connectivity index (χ2n) is 5.42. The van der Waals surface area contributed by atoms with E-state index in [1.165, 1.54) is 0 Å². The average molecular weight is 322 g/mol. The summed E-state index contributed by atoms with van der Waals surface area (Å²) in [5, 5.41) is 19.3. The Bertz CT molecular complexity index is 857. The number of hydrogen-bond donors (Lipinski definition) is 3. The molecule has 0 radical (unpaired) electrons. The SMILES string of the molecule is Cn1cc(Nc2cccc(C(=O)Nc3cccc(CO)c3)c2)cn1. The number of rotatable bonds is 5. The molecular weight excluding hydrogens is 304 g/mol. The molecule has 0 bridgehead atoms. The van der Waals surface area contributed by atoms with Gasteiger partial charge in [0, 0.05) is 30.2 Å². The van der Waals surface area contributed by atoms with Crippen LogP contribution in [-0.2, 0) is 13.7 Å². The Balaban J connectivity index is 1.74. The zero-order valence-electron chi connectivity index (χ0n) is 13.2. The number of benzene rings is 2. The summed E-state index contributed by atoms with van der Waals surface area (Å²) in [5.74, 6) is -0.208. The maximum Gasteiger partial charge on any atom is 0.255 e. The quantitative estimate of drug-likeness (QED) is 0.675. The summed E-state index contributed by atoms with van der Waals surface area (Å²) < 4.78 is 1.70. The van der Waals surface area contributed by atoms with Gasteiger partial charge in [0.05, 0.1) is 18.5 Å². The minimum absolute atomic E-state index is 0.0613. The molecule has 0 aliphatic rings. The molecule has 3 N–H and O–H groups in total. The third kappa shape index (κ3) is 3.80. The highest BCUT2D eigenvalue weighted by Gasteiger charge is 2.08. The van der Waals surface area contributed by atoms with Crippen molar-refractivity contribution in [1.82, 2.24) is 9.78 Å². The molecule has 3 aromatic rings. The zero-order chi connectivity index (χ0) is 16.9. The van der Waals surface area contributed by atoms with E-state index in [2.05, 4.69) is 15.7 Å². The van der Waals surface area contributed by atoms with Crippen LogP contribution in [0.4, 0.5) is 17.1 Å². The summed E-state index contributed by atoms with van der Waals surface area (Å²) in [7, 11) is 1.84. The molecule has 0 unspecified atom stereocenters. The van der Waals surface area contributed by atoms with Crippen LogP contribution in [0.5, 0.6) is 0 Å². The van der Waals surface area contributed by atoms with E-state index in [-0.39, 0.29) is 12.5 Å². The lowest BCUT2D eigenvalue weighted by Gasteiger charge is -2.09. The molecule has 6 nitrogen and oxygen atoms in total. The number of aromatic nitrogens is 2. The maximum atomic E-state index is 12.4. The molecule has 1 heterocycles. The Morgan fingerprint density at radius 2 is 1.92 bits per heavy atom. The highest BCUT2D eigenvalue weighted by Crippen LogP contribution is 2.18. The Morgan fingerprint density at radius 1 is 1.12 bits per heavy atom. The molecule has 6 heteroatoms. The lowest BCUT2D eigenvalue weighted by Crippen LogP contribution is -2.12. The lowest BCUT2D eigenvalue weighted by atomic mass is 10.1. The number of aryl methyl sites for hydroxylation is 1. The van der Waals surface area contributed by atoms with Gasteiger partial charge in [-0.1, -0.05) is 18.2 Å². The average Bonchev–Trinajstić information content (AvgIpc) is 3.00. The van der Waals surface area contributed by atoms with Gasteiger partial charge in [0.2, 0.25) is 0 Å². The van der Waals surface area contributed by atoms with Gasteiger partial charge in [-0.3, -0.25) is 9.48 Å². The predicted molar refractivity (Wildman–Crippen MR) is 93.3 cm³/mol. The number of nitrogens with zero attached hydrogens (tertiary/aromatic N) is 2. The van der Waals surface area contributed by atoms with Gasteiger partial charge in [-0.05, 0) is 35.9 Å². The summed E-state index contributed by atoms with van der Waals surface area (Å²) in [6.45, 7) is -0.0613. The normalized spacial score (nSPS) is 10.4. The molecule has 122 valence electrons. The zero-order valence-corrected chi connectivity index (χ0v) is 13.2. The maximum absolute atomic E-state index is 12.4. The number of carbonyl (C=O) groups is 1. The van der Waals surface area contributed by atoms with Crippen LogP contribution in [0.25, 0.3) is 0 Å². The third-order valence-corrected chi connectivity index (χ3v) is 3.49. The first-order valence-corrected chi connectivity index (χ1v) is 7.51. The van der Waals surface area contributed by atoms with Crippen molar-refractivity contribution < 1.29 is 9.90 Å². The summed E-state index contributed by atoms with van der Waals surface area (Å²) in [6, 6.07) is 14.4. The lowest BCUT2D eigenvalue weighted by molar-refractivity contribution is 0.102. The highest BCUT2D eigenvalue weighted by atomic mass is 16.3. The molecular formula is C18H18N4O2. The molecule has 0 aliphatic carbocycles. The van der Waals surface area contributed by atoms with E-state index < -0.39 is 0 Å². The number of aliphatic hydroxyl groups is 1. The largest absolute Gasteiger partial charge is 0.392 e. The van der Waals surface area contributed by atoms with Crippen molar-refractivity contribution in [2.24, 2.45) is 7.05 Å². The van der Waals surface area contributed by atoms with E-state index in [0.717, 1.165) is 16.9 Å². The predicted octanol–water partition coefficient (Wildman–Crippen LogP) is 2.91. The number of aliphatic hydroxyl groups excluding tert-OH is 1. The van der Waals surface area contributed by atoms with Crippen LogP contribution in [0.3, 0.4) is 0 Å². The molecule has 0 saturated carbocycles. The van der Waals surface area contributed by atoms with Crippen molar-refractivity contribution >= 4 is 23.0 Å². The Kier molecular flexibility index (Phi) is 4.58. The van der Waals surface area contributed by atoms with Gasteiger partial charge in [-0.15, -0.1) is 0 Å². The van der Waals surface area contributed by atoms with E-state index in [4.69, 9.17) is 5.11 Å². The van der Waals surface area contributed by atoms with Crippen LogP contribution in [-0.4, -0.2) is 20.8 Å². The monoisotopic (exact) mass is 322 g/mol. The van der Waals surface area contributed by atoms with Gasteiger partial charge in [0.15, 0.2) is 0 Å². The van der Waals surface area contributed by atoms with Crippen LogP contribution in [0, 0.1) is 0 Å². The summed E-state index contributed by atoms with van der Waals surface area (Å²) in [6.07, 6.45) is 3.57. The fraction of sp³-hybridized carbons (Fsp3) is 0.111. The van der Waals surface area contributed by atoms with E-state index >= 15 is 0 Å². The van der Waals surface area contributed by atoms with Crippen molar-refractivity contribution in [1.29, 1.82) is 0 Å². The summed E-state index contributed by atoms with van der Waals surface area (Å²) >= 11 is 0. The van der Waals surface area contributed by atoms with Crippen molar-refractivity contribution in [2.45, 2.75) is 6.61 Å². The first-order chi connectivity index (χ1) is 11.6. The molecule has 0 saturated heterocycles. The molecule has 0 fully saturated rings. The minimum Gasteiger partial charge on any atom is -0.392 e. The van der Waals surface area contributed by atoms with Crippen LogP contribution in [0.2, 0.25) is 0 Å². The fourth-order valence-electron chi connectivity index (χ4n) is 2.34. The van der Waals surface area contributed by atoms with Gasteiger partial charge in [-0.2, -0.15) is 5.10 Å². The third-order valence-electron chi connectivity index (χ3n) is 3.49. The molecule has 0 aliphatic heterocycles. The Labute approximate surface area is 139 Å². The number of nitrogens with one attached hydrogen (secondary N) is 2. The fourth-order valence-corrected chi connectivity index (χ4v) is 2.34. The van der Waals surface area contributed by atoms with Gasteiger partial charge in [-0.25, -0.2) is 0 Å². The summed E-state index contributed by atoms with van der Waals surface area (Å²) in [5.41, 5.74) is 3.60. The summed E-state index contributed by atoms with van der Waals surface area (Å²) in [4.78, 5) is 12.4. The molecule has 3 rings (SSSR count). The van der Waals surface area contributed by atoms with Crippen LogP contribution < -0.4 is 10.6 Å². The Hall–Kier alpha value is -3.12. The first kappa shape index (κ1) is 15.8. The van der Waals surface area contributed by atoms with Crippen molar-refractivity contribution in [3.05, 3.63) is 72.1 Å². The topological polar surface area (TPSA) is 79.2 Å². The van der Waals surface area contributed by atoms with Crippen molar-refractivity contribution in [2.75, 3.05) is 10.6 Å². The number of anilines is 3. The molecule has 1 aromatic heterocycles. The smallest absolute Gasteiger partial charge is 0.255 e. The van der Waals surface area contributed by atoms with Gasteiger partial charge >= 0.3 is 0 Å². The van der Waals surface area contributed by atoms with Crippen LogP contribution >= 0.6 is 0 Å². The molecule has 24 heavy (non-hydrogen) atoms. The molecule has 2 aromatic carbocycles. The van der Waals surface area contributed by atoms with E-state index in [0.29, 0.717) is 11.3 Å². The first-order valence-electron chi connectivity index (χ1n) is 7.51.